The standard InChI is InChI=1S/C15H12N2O2S2/c18-15(19)9-2-1-3-11-13(9)17-14(21-11)8-6-12-10(16-7-8)4-5-20-12/h4-7,9H,1-3H2,(H,18,19). The van der Waals surface area contributed by atoms with Crippen molar-refractivity contribution in [2.24, 2.45) is 0 Å². The molecule has 0 fully saturated rings. The number of pyridine rings is 1. The van der Waals surface area contributed by atoms with Gasteiger partial charge in [0.25, 0.3) is 0 Å². The van der Waals surface area contributed by atoms with Gasteiger partial charge in [0.05, 0.1) is 21.8 Å². The Morgan fingerprint density at radius 3 is 3.19 bits per heavy atom. The van der Waals surface area contributed by atoms with Gasteiger partial charge in [-0.15, -0.1) is 22.7 Å². The molecule has 0 saturated carbocycles. The van der Waals surface area contributed by atoms with Crippen LogP contribution in [0.1, 0.15) is 29.3 Å². The molecule has 1 aliphatic rings. The minimum atomic E-state index is -0.764. The fourth-order valence-corrected chi connectivity index (χ4v) is 4.67. The maximum Gasteiger partial charge on any atom is 0.312 e. The van der Waals surface area contributed by atoms with E-state index in [0.717, 1.165) is 44.2 Å². The molecule has 1 N–H and O–H groups in total. The lowest BCUT2D eigenvalue weighted by atomic mass is 9.91. The van der Waals surface area contributed by atoms with Gasteiger partial charge in [-0.3, -0.25) is 9.78 Å². The second-order valence-corrected chi connectivity index (χ2v) is 7.17. The second kappa shape index (κ2) is 4.89. The highest BCUT2D eigenvalue weighted by Crippen LogP contribution is 2.38. The smallest absolute Gasteiger partial charge is 0.312 e. The van der Waals surface area contributed by atoms with E-state index < -0.39 is 11.9 Å². The average Bonchev–Trinajstić information content (AvgIpc) is 3.11. The van der Waals surface area contributed by atoms with Crippen molar-refractivity contribution in [1.82, 2.24) is 9.97 Å². The molecule has 4 nitrogen and oxygen atoms in total. The van der Waals surface area contributed by atoms with Crippen LogP contribution >= 0.6 is 22.7 Å². The Hall–Kier alpha value is -1.79. The highest BCUT2D eigenvalue weighted by atomic mass is 32.1. The number of hydrogen-bond donors (Lipinski definition) is 1. The van der Waals surface area contributed by atoms with Gasteiger partial charge in [-0.1, -0.05) is 0 Å². The molecule has 0 bridgehead atoms. The highest BCUT2D eigenvalue weighted by Gasteiger charge is 2.30. The van der Waals surface area contributed by atoms with Crippen molar-refractivity contribution in [3.05, 3.63) is 34.3 Å². The third-order valence-corrected chi connectivity index (χ3v) is 5.84. The van der Waals surface area contributed by atoms with Crippen molar-refractivity contribution in [2.75, 3.05) is 0 Å². The first-order valence-corrected chi connectivity index (χ1v) is 8.48. The number of hydrogen-bond acceptors (Lipinski definition) is 5. The first-order chi connectivity index (χ1) is 10.2. The number of aryl methyl sites for hydroxylation is 1. The summed E-state index contributed by atoms with van der Waals surface area (Å²) in [5.41, 5.74) is 2.74. The summed E-state index contributed by atoms with van der Waals surface area (Å²) in [7, 11) is 0. The Balaban J connectivity index is 1.80. The van der Waals surface area contributed by atoms with Gasteiger partial charge in [0.15, 0.2) is 0 Å². The lowest BCUT2D eigenvalue weighted by molar-refractivity contribution is -0.139. The van der Waals surface area contributed by atoms with E-state index in [1.54, 1.807) is 22.7 Å². The first kappa shape index (κ1) is 12.9. The number of carboxylic acid groups (broad SMARTS) is 1. The summed E-state index contributed by atoms with van der Waals surface area (Å²) in [6, 6.07) is 4.09. The Labute approximate surface area is 129 Å². The van der Waals surface area contributed by atoms with Gasteiger partial charge in [0, 0.05) is 16.6 Å². The molecule has 0 radical (unpaired) electrons. The molecule has 3 aromatic rings. The van der Waals surface area contributed by atoms with Gasteiger partial charge < -0.3 is 5.11 Å². The Morgan fingerprint density at radius 1 is 1.43 bits per heavy atom. The molecule has 0 saturated heterocycles. The molecule has 6 heteroatoms. The van der Waals surface area contributed by atoms with Crippen LogP contribution < -0.4 is 0 Å². The van der Waals surface area contributed by atoms with Crippen LogP contribution in [0.25, 0.3) is 20.8 Å². The van der Waals surface area contributed by atoms with Crippen LogP contribution in [0.15, 0.2) is 23.7 Å². The zero-order valence-electron chi connectivity index (χ0n) is 11.1. The van der Waals surface area contributed by atoms with Crippen molar-refractivity contribution < 1.29 is 9.90 Å². The summed E-state index contributed by atoms with van der Waals surface area (Å²) < 4.78 is 1.13. The largest absolute Gasteiger partial charge is 0.481 e. The number of aliphatic carboxylic acids is 1. The summed E-state index contributed by atoms with van der Waals surface area (Å²) in [4.78, 5) is 21.5. The van der Waals surface area contributed by atoms with Gasteiger partial charge in [-0.25, -0.2) is 4.98 Å². The molecule has 0 aliphatic heterocycles. The van der Waals surface area contributed by atoms with E-state index >= 15 is 0 Å². The summed E-state index contributed by atoms with van der Waals surface area (Å²) in [6.45, 7) is 0. The number of thiazole rings is 1. The molecule has 4 rings (SSSR count). The molecule has 1 atom stereocenters. The first-order valence-electron chi connectivity index (χ1n) is 6.78. The molecular formula is C15H12N2O2S2. The van der Waals surface area contributed by atoms with Gasteiger partial charge in [0.2, 0.25) is 0 Å². The SMILES string of the molecule is O=C(O)C1CCCc2sc(-c3cnc4ccsc4c3)nc21. The predicted molar refractivity (Wildman–Crippen MR) is 84.0 cm³/mol. The maximum atomic E-state index is 11.4. The Bertz CT molecular complexity index is 837. The van der Waals surface area contributed by atoms with Crippen LogP contribution in [0.4, 0.5) is 0 Å². The summed E-state index contributed by atoms with van der Waals surface area (Å²) >= 11 is 3.27. The molecule has 3 aromatic heterocycles. The topological polar surface area (TPSA) is 63.1 Å². The van der Waals surface area contributed by atoms with Crippen LogP contribution in [-0.4, -0.2) is 21.0 Å². The highest BCUT2D eigenvalue weighted by molar-refractivity contribution is 7.17. The molecule has 0 amide bonds. The summed E-state index contributed by atoms with van der Waals surface area (Å²) in [6.07, 6.45) is 4.38. The molecule has 1 unspecified atom stereocenters. The van der Waals surface area contributed by atoms with Crippen LogP contribution in [-0.2, 0) is 11.2 Å². The minimum absolute atomic E-state index is 0.447. The molecule has 106 valence electrons. The van der Waals surface area contributed by atoms with E-state index in [4.69, 9.17) is 0 Å². The molecule has 3 heterocycles. The molecule has 21 heavy (non-hydrogen) atoms. The molecule has 1 aliphatic carbocycles. The number of carboxylic acids is 1. The van der Waals surface area contributed by atoms with E-state index in [9.17, 15) is 9.90 Å². The average molecular weight is 316 g/mol. The van der Waals surface area contributed by atoms with Crippen LogP contribution in [0.3, 0.4) is 0 Å². The van der Waals surface area contributed by atoms with Crippen molar-refractivity contribution >= 4 is 38.9 Å². The van der Waals surface area contributed by atoms with Crippen molar-refractivity contribution in [1.29, 1.82) is 0 Å². The third-order valence-electron chi connectivity index (χ3n) is 3.80. The zero-order valence-corrected chi connectivity index (χ0v) is 12.7. The lowest BCUT2D eigenvalue weighted by Gasteiger charge is -2.16. The van der Waals surface area contributed by atoms with Crippen LogP contribution in [0.2, 0.25) is 0 Å². The molecule has 0 spiro atoms. The fraction of sp³-hybridized carbons (Fsp3) is 0.267. The second-order valence-electron chi connectivity index (χ2n) is 5.14. The van der Waals surface area contributed by atoms with Crippen LogP contribution in [0, 0.1) is 0 Å². The summed E-state index contributed by atoms with van der Waals surface area (Å²) in [5.74, 6) is -1.21. The lowest BCUT2D eigenvalue weighted by Crippen LogP contribution is -2.17. The van der Waals surface area contributed by atoms with E-state index in [-0.39, 0.29) is 0 Å². The molecule has 0 aromatic carbocycles. The third kappa shape index (κ3) is 2.15. The number of nitrogens with zero attached hydrogens (tertiary/aromatic N) is 2. The Morgan fingerprint density at radius 2 is 2.33 bits per heavy atom. The quantitative estimate of drug-likeness (QED) is 0.778. The predicted octanol–water partition coefficient (Wildman–Crippen LogP) is 3.92. The van der Waals surface area contributed by atoms with E-state index in [1.165, 1.54) is 0 Å². The normalized spacial score (nSPS) is 17.8. The maximum absolute atomic E-state index is 11.4. The van der Waals surface area contributed by atoms with E-state index in [0.29, 0.717) is 6.42 Å². The number of aromatic nitrogens is 2. The number of thiophene rings is 1. The summed E-state index contributed by atoms with van der Waals surface area (Å²) in [5, 5.41) is 12.2. The van der Waals surface area contributed by atoms with Crippen molar-refractivity contribution in [3.8, 4) is 10.6 Å². The van der Waals surface area contributed by atoms with E-state index in [1.807, 2.05) is 17.6 Å². The van der Waals surface area contributed by atoms with Crippen molar-refractivity contribution in [2.45, 2.75) is 25.2 Å². The van der Waals surface area contributed by atoms with E-state index in [2.05, 4.69) is 16.0 Å². The number of carbonyl (C=O) groups is 1. The van der Waals surface area contributed by atoms with Gasteiger partial charge in [-0.2, -0.15) is 0 Å². The Kier molecular flexibility index (Phi) is 3.01. The number of rotatable bonds is 2. The molecular weight excluding hydrogens is 304 g/mol. The van der Waals surface area contributed by atoms with Crippen molar-refractivity contribution in [3.63, 3.8) is 0 Å². The van der Waals surface area contributed by atoms with Crippen LogP contribution in [0.5, 0.6) is 0 Å². The minimum Gasteiger partial charge on any atom is -0.481 e. The fourth-order valence-electron chi connectivity index (χ4n) is 2.75. The zero-order chi connectivity index (χ0) is 14.4. The monoisotopic (exact) mass is 316 g/mol. The van der Waals surface area contributed by atoms with Gasteiger partial charge >= 0.3 is 5.97 Å². The van der Waals surface area contributed by atoms with Gasteiger partial charge in [0.1, 0.15) is 5.01 Å². The van der Waals surface area contributed by atoms with Gasteiger partial charge in [-0.05, 0) is 36.8 Å². The number of fused-ring (bicyclic) bond motifs is 2.